The van der Waals surface area contributed by atoms with Gasteiger partial charge in [0, 0.05) is 37.7 Å². The molecule has 0 atom stereocenters. The minimum absolute atomic E-state index is 0. The van der Waals surface area contributed by atoms with Gasteiger partial charge in [-0.05, 0) is 0 Å². The Morgan fingerprint density at radius 3 is 1.50 bits per heavy atom. The van der Waals surface area contributed by atoms with Crippen molar-refractivity contribution in [2.24, 2.45) is 0 Å². The molecule has 0 bridgehead atoms. The molecule has 0 amide bonds. The van der Waals surface area contributed by atoms with Gasteiger partial charge in [0.1, 0.15) is 0 Å². The predicted octanol–water partition coefficient (Wildman–Crippen LogP) is -4.32. The summed E-state index contributed by atoms with van der Waals surface area (Å²) in [6.07, 6.45) is 0. The molecule has 44 valence electrons. The minimum atomic E-state index is -0.179. The minimum Gasteiger partial charge on any atom is -1.00 e. The molecule has 0 rings (SSSR count). The molecule has 0 saturated heterocycles. The van der Waals surface area contributed by atoms with Crippen LogP contribution in [-0.2, 0) is 0 Å². The Morgan fingerprint density at radius 2 is 1.50 bits per heavy atom. The number of hydrogen-bond acceptors (Lipinski definition) is 0. The first-order chi connectivity index (χ1) is 2.27. The third-order valence-electron chi connectivity index (χ3n) is 0.309. The molecule has 0 aliphatic carbocycles. The van der Waals surface area contributed by atoms with Crippen molar-refractivity contribution in [3.63, 3.8) is 0 Å². The van der Waals surface area contributed by atoms with Crippen molar-refractivity contribution < 1.29 is 69.0 Å². The van der Waals surface area contributed by atoms with Gasteiger partial charge < -0.3 is 21.5 Å². The van der Waals surface area contributed by atoms with Crippen LogP contribution in [0.5, 0.6) is 0 Å². The van der Waals surface area contributed by atoms with Gasteiger partial charge in [-0.25, -0.2) is 0 Å². The summed E-state index contributed by atoms with van der Waals surface area (Å²) in [5.41, 5.74) is 0. The van der Waals surface area contributed by atoms with Crippen molar-refractivity contribution in [3.05, 3.63) is 0 Å². The first kappa shape index (κ1) is 22.5. The zero-order valence-electron chi connectivity index (χ0n) is 5.39. The molecule has 8 heavy (non-hydrogen) atoms. The quantitative estimate of drug-likeness (QED) is 0.362. The fraction of sp³-hybridized carbons (Fsp3) is 1.00. The summed E-state index contributed by atoms with van der Waals surface area (Å²) in [5, 5.41) is 0. The van der Waals surface area contributed by atoms with Gasteiger partial charge in [0.2, 0.25) is 0 Å². The van der Waals surface area contributed by atoms with Gasteiger partial charge in [-0.3, -0.25) is 0 Å². The van der Waals surface area contributed by atoms with Crippen molar-refractivity contribution in [1.82, 2.24) is 0 Å². The summed E-state index contributed by atoms with van der Waals surface area (Å²) in [7, 11) is 5.48. The fourth-order valence-electron chi connectivity index (χ4n) is 0. The molecule has 0 fully saturated rings. The second-order valence-corrected chi connectivity index (χ2v) is 4.42. The van der Waals surface area contributed by atoms with Crippen molar-refractivity contribution >= 4 is 28.3 Å². The van der Waals surface area contributed by atoms with E-state index in [1.807, 2.05) is 0 Å². The topological polar surface area (TPSA) is 0 Å². The average molecular weight is 185 g/mol. The van der Waals surface area contributed by atoms with E-state index in [4.69, 9.17) is 9.07 Å². The first-order valence-corrected chi connectivity index (χ1v) is 4.78. The normalized spacial score (nSPS) is 5.00. The van der Waals surface area contributed by atoms with Gasteiger partial charge in [0.15, 0.2) is 0 Å². The van der Waals surface area contributed by atoms with Crippen LogP contribution < -0.4 is 31.3 Å². The maximum Gasteiger partial charge on any atom is 1.00 e. The first-order valence-electron chi connectivity index (χ1n) is 1.83. The molecular formula is C3H7ArCl2LiMg. The molecule has 0 aliphatic heterocycles. The molecule has 0 saturated carbocycles. The molecule has 0 radical (unpaired) electrons. The fourth-order valence-corrected chi connectivity index (χ4v) is 0. The van der Waals surface area contributed by atoms with Crippen LogP contribution in [0.1, 0.15) is 13.8 Å². The number of halogens is 2. The Hall–Kier alpha value is 3.20. The predicted molar refractivity (Wildman–Crippen MR) is 26.7 cm³/mol. The Morgan fingerprint density at radius 1 is 1.38 bits per heavy atom. The monoisotopic (exact) mass is 184 g/mol. The van der Waals surface area contributed by atoms with E-state index in [1.165, 1.54) is 0 Å². The summed E-state index contributed by atoms with van der Waals surface area (Å²) >= 11 is -0.179. The standard InChI is InChI=1S/C3H7.Ar.2ClH.Li.Mg/c1-3-2;;;;;/h3H,1-2H3;;2*1H;;/q;;;;2*+1/p-2. The zero-order valence-corrected chi connectivity index (χ0v) is 9.03. The molecule has 0 aromatic carbocycles. The van der Waals surface area contributed by atoms with E-state index in [1.54, 1.807) is 0 Å². The van der Waals surface area contributed by atoms with Crippen LogP contribution in [0.25, 0.3) is 0 Å². The Labute approximate surface area is 113 Å². The van der Waals surface area contributed by atoms with Gasteiger partial charge in [-0.1, -0.05) is 13.8 Å². The average Bonchev–Trinajstić information content (AvgIpc) is 1.38. The summed E-state index contributed by atoms with van der Waals surface area (Å²) in [5.74, 6) is 0. The Bertz CT molecular complexity index is 31.2. The third-order valence-corrected chi connectivity index (χ3v) is 2.78. The van der Waals surface area contributed by atoms with Crippen molar-refractivity contribution in [1.29, 1.82) is 0 Å². The van der Waals surface area contributed by atoms with Gasteiger partial charge in [0.05, 0.1) is 0 Å². The van der Waals surface area contributed by atoms with Gasteiger partial charge >= 0.3 is 38.1 Å². The van der Waals surface area contributed by atoms with Crippen LogP contribution >= 0.6 is 9.07 Å². The van der Waals surface area contributed by atoms with E-state index in [2.05, 4.69) is 13.8 Å². The van der Waals surface area contributed by atoms with Gasteiger partial charge in [0.25, 0.3) is 0 Å². The summed E-state index contributed by atoms with van der Waals surface area (Å²) in [6, 6.07) is 0. The van der Waals surface area contributed by atoms with Crippen LogP contribution in [0.15, 0.2) is 0 Å². The molecule has 0 nitrogen and oxygen atoms in total. The van der Waals surface area contributed by atoms with Gasteiger partial charge in [-0.15, -0.1) is 4.05 Å². The smallest absolute Gasteiger partial charge is 1.00 e. The van der Waals surface area contributed by atoms with E-state index in [-0.39, 0.29) is 88.3 Å². The Balaban J connectivity index is -0.0000000267. The van der Waals surface area contributed by atoms with E-state index < -0.39 is 0 Å². The summed E-state index contributed by atoms with van der Waals surface area (Å²) < 4.78 is 0.789. The second kappa shape index (κ2) is 16.7. The molecule has 0 aromatic rings. The largest absolute Gasteiger partial charge is 1.00 e. The van der Waals surface area contributed by atoms with Crippen LogP contribution in [0, 0.1) is 37.7 Å². The molecule has 0 spiro atoms. The van der Waals surface area contributed by atoms with E-state index in [9.17, 15) is 0 Å². The number of rotatable bonds is 1. The van der Waals surface area contributed by atoms with E-state index in [0.29, 0.717) is 0 Å². The Kier molecular flexibility index (Phi) is 46.8. The van der Waals surface area contributed by atoms with E-state index in [0.717, 1.165) is 4.05 Å². The van der Waals surface area contributed by atoms with Crippen molar-refractivity contribution in [2.75, 3.05) is 0 Å². The molecule has 5 heteroatoms. The van der Waals surface area contributed by atoms with Crippen LogP contribution in [0.3, 0.4) is 0 Å². The second-order valence-electron chi connectivity index (χ2n) is 1.55. The molecular weight excluding hydrogens is 178 g/mol. The molecule has 0 heterocycles. The number of hydrogen-bond donors (Lipinski definition) is 0. The molecule has 0 aromatic heterocycles. The SMILES string of the molecule is C[CH](C)[Mg][Cl].[Ar].[Cl-].[Li+]. The van der Waals surface area contributed by atoms with Gasteiger partial charge in [-0.2, -0.15) is 0 Å². The molecule has 0 unspecified atom stereocenters. The summed E-state index contributed by atoms with van der Waals surface area (Å²) in [4.78, 5) is 0. The molecule has 0 N–H and O–H groups in total. The van der Waals surface area contributed by atoms with Crippen molar-refractivity contribution in [3.8, 4) is 0 Å². The zero-order chi connectivity index (χ0) is 4.28. The summed E-state index contributed by atoms with van der Waals surface area (Å²) in [6.45, 7) is 4.30. The maximum absolute atomic E-state index is 5.48. The molecule has 0 aliphatic rings. The third kappa shape index (κ3) is 22.9. The van der Waals surface area contributed by atoms with Crippen LogP contribution in [0.2, 0.25) is 4.05 Å². The van der Waals surface area contributed by atoms with Crippen LogP contribution in [-0.4, -0.2) is 19.3 Å². The van der Waals surface area contributed by atoms with E-state index >= 15 is 0 Å². The maximum atomic E-state index is 5.48. The van der Waals surface area contributed by atoms with Crippen LogP contribution in [0.4, 0.5) is 0 Å². The van der Waals surface area contributed by atoms with Crippen molar-refractivity contribution in [2.45, 2.75) is 17.9 Å².